The van der Waals surface area contributed by atoms with Crippen molar-refractivity contribution in [3.05, 3.63) is 35.9 Å². The first kappa shape index (κ1) is 9.21. The van der Waals surface area contributed by atoms with Crippen LogP contribution >= 0.6 is 0 Å². The van der Waals surface area contributed by atoms with Crippen molar-refractivity contribution in [2.45, 2.75) is 13.0 Å². The van der Waals surface area contributed by atoms with Crippen LogP contribution in [-0.2, 0) is 16.1 Å². The minimum atomic E-state index is 0.181. The van der Waals surface area contributed by atoms with Crippen molar-refractivity contribution in [1.29, 1.82) is 0 Å². The van der Waals surface area contributed by atoms with Gasteiger partial charge in [0.2, 0.25) is 5.91 Å². The first-order chi connectivity index (χ1) is 6.86. The molecule has 0 N–H and O–H groups in total. The summed E-state index contributed by atoms with van der Waals surface area (Å²) in [5.74, 6) is 0.181. The molecule has 0 unspecified atom stereocenters. The molecule has 1 amide bonds. The van der Waals surface area contributed by atoms with Gasteiger partial charge in [0.15, 0.2) is 0 Å². The van der Waals surface area contributed by atoms with E-state index in [1.165, 1.54) is 0 Å². The van der Waals surface area contributed by atoms with Crippen LogP contribution in [0.1, 0.15) is 12.0 Å². The van der Waals surface area contributed by atoms with Crippen LogP contribution < -0.4 is 0 Å². The molecule has 1 aromatic carbocycles. The summed E-state index contributed by atoms with van der Waals surface area (Å²) in [7, 11) is 0. The zero-order valence-electron chi connectivity index (χ0n) is 7.98. The maximum absolute atomic E-state index is 11.4. The molecule has 0 aliphatic carbocycles. The number of nitrogens with zero attached hydrogens (tertiary/aromatic N) is 1. The molecule has 0 saturated carbocycles. The molecule has 14 heavy (non-hydrogen) atoms. The molecule has 0 spiro atoms. The highest BCUT2D eigenvalue weighted by atomic mass is 16.5. The van der Waals surface area contributed by atoms with Gasteiger partial charge in [-0.15, -0.1) is 0 Å². The third-order valence-electron chi connectivity index (χ3n) is 2.28. The molecule has 1 heterocycles. The minimum absolute atomic E-state index is 0.181. The van der Waals surface area contributed by atoms with Crippen LogP contribution in [0.25, 0.3) is 0 Å². The quantitative estimate of drug-likeness (QED) is 0.707. The van der Waals surface area contributed by atoms with Crippen LogP contribution in [-0.4, -0.2) is 24.1 Å². The SMILES string of the molecule is O=C1CCOCN1Cc1ccccc1. The number of rotatable bonds is 2. The minimum Gasteiger partial charge on any atom is -0.360 e. The summed E-state index contributed by atoms with van der Waals surface area (Å²) in [5.41, 5.74) is 1.14. The number of carbonyl (C=O) groups is 1. The van der Waals surface area contributed by atoms with Gasteiger partial charge in [-0.3, -0.25) is 4.79 Å². The fourth-order valence-electron chi connectivity index (χ4n) is 1.50. The van der Waals surface area contributed by atoms with Crippen molar-refractivity contribution >= 4 is 5.91 Å². The van der Waals surface area contributed by atoms with Gasteiger partial charge >= 0.3 is 0 Å². The molecule has 1 aromatic rings. The van der Waals surface area contributed by atoms with Crippen molar-refractivity contribution in [2.24, 2.45) is 0 Å². The molecule has 1 aliphatic rings. The molecule has 1 aliphatic heterocycles. The molecule has 0 radical (unpaired) electrons. The third kappa shape index (κ3) is 2.12. The predicted molar refractivity (Wildman–Crippen MR) is 52.4 cm³/mol. The normalized spacial score (nSPS) is 17.1. The summed E-state index contributed by atoms with van der Waals surface area (Å²) in [6, 6.07) is 9.96. The maximum Gasteiger partial charge on any atom is 0.227 e. The molecule has 1 fully saturated rings. The third-order valence-corrected chi connectivity index (χ3v) is 2.28. The Morgan fingerprint density at radius 2 is 2.07 bits per heavy atom. The van der Waals surface area contributed by atoms with Crippen LogP contribution in [0.3, 0.4) is 0 Å². The number of amides is 1. The van der Waals surface area contributed by atoms with Gasteiger partial charge in [-0.2, -0.15) is 0 Å². The zero-order valence-corrected chi connectivity index (χ0v) is 7.98. The van der Waals surface area contributed by atoms with E-state index in [1.54, 1.807) is 4.90 Å². The van der Waals surface area contributed by atoms with E-state index >= 15 is 0 Å². The van der Waals surface area contributed by atoms with Crippen LogP contribution in [0.15, 0.2) is 30.3 Å². The molecular formula is C11H13NO2. The highest BCUT2D eigenvalue weighted by Gasteiger charge is 2.17. The van der Waals surface area contributed by atoms with E-state index in [4.69, 9.17) is 4.74 Å². The van der Waals surface area contributed by atoms with Gasteiger partial charge in [0.25, 0.3) is 0 Å². The lowest BCUT2D eigenvalue weighted by Crippen LogP contribution is -2.37. The summed E-state index contributed by atoms with van der Waals surface area (Å²) in [4.78, 5) is 13.2. The topological polar surface area (TPSA) is 29.5 Å². The number of hydrogen-bond acceptors (Lipinski definition) is 2. The number of ether oxygens (including phenoxy) is 1. The van der Waals surface area contributed by atoms with E-state index in [2.05, 4.69) is 0 Å². The van der Waals surface area contributed by atoms with Gasteiger partial charge < -0.3 is 9.64 Å². The first-order valence-corrected chi connectivity index (χ1v) is 4.76. The fourth-order valence-corrected chi connectivity index (χ4v) is 1.50. The largest absolute Gasteiger partial charge is 0.360 e. The predicted octanol–water partition coefficient (Wildman–Crippen LogP) is 1.39. The Hall–Kier alpha value is -1.35. The Kier molecular flexibility index (Phi) is 2.79. The van der Waals surface area contributed by atoms with E-state index in [0.29, 0.717) is 26.3 Å². The van der Waals surface area contributed by atoms with Crippen LogP contribution in [0, 0.1) is 0 Å². The highest BCUT2D eigenvalue weighted by molar-refractivity contribution is 5.76. The molecule has 0 bridgehead atoms. The van der Waals surface area contributed by atoms with Crippen LogP contribution in [0.4, 0.5) is 0 Å². The average Bonchev–Trinajstić information content (AvgIpc) is 2.23. The van der Waals surface area contributed by atoms with E-state index in [1.807, 2.05) is 30.3 Å². The summed E-state index contributed by atoms with van der Waals surface area (Å²) < 4.78 is 5.23. The van der Waals surface area contributed by atoms with Crippen molar-refractivity contribution in [2.75, 3.05) is 13.3 Å². The molecule has 3 heteroatoms. The fraction of sp³-hybridized carbons (Fsp3) is 0.364. The number of hydrogen-bond donors (Lipinski definition) is 0. The van der Waals surface area contributed by atoms with Gasteiger partial charge in [-0.25, -0.2) is 0 Å². The summed E-state index contributed by atoms with van der Waals surface area (Å²) in [6.45, 7) is 1.64. The Morgan fingerprint density at radius 1 is 1.29 bits per heavy atom. The number of benzene rings is 1. The van der Waals surface area contributed by atoms with Gasteiger partial charge in [0.05, 0.1) is 13.0 Å². The van der Waals surface area contributed by atoms with Crippen LogP contribution in [0.5, 0.6) is 0 Å². The van der Waals surface area contributed by atoms with E-state index in [9.17, 15) is 4.79 Å². The molecule has 2 rings (SSSR count). The Labute approximate surface area is 83.3 Å². The van der Waals surface area contributed by atoms with Crippen molar-refractivity contribution in [1.82, 2.24) is 4.90 Å². The second-order valence-electron chi connectivity index (χ2n) is 3.36. The summed E-state index contributed by atoms with van der Waals surface area (Å²) >= 11 is 0. The van der Waals surface area contributed by atoms with E-state index in [0.717, 1.165) is 5.56 Å². The molecule has 1 saturated heterocycles. The number of carbonyl (C=O) groups excluding carboxylic acids is 1. The lowest BCUT2D eigenvalue weighted by atomic mass is 10.2. The van der Waals surface area contributed by atoms with E-state index < -0.39 is 0 Å². The highest BCUT2D eigenvalue weighted by Crippen LogP contribution is 2.09. The molecule has 3 nitrogen and oxygen atoms in total. The van der Waals surface area contributed by atoms with Crippen molar-refractivity contribution in [3.8, 4) is 0 Å². The van der Waals surface area contributed by atoms with Gasteiger partial charge in [-0.1, -0.05) is 30.3 Å². The van der Waals surface area contributed by atoms with Crippen molar-refractivity contribution in [3.63, 3.8) is 0 Å². The first-order valence-electron chi connectivity index (χ1n) is 4.76. The van der Waals surface area contributed by atoms with Gasteiger partial charge in [0, 0.05) is 6.54 Å². The second-order valence-corrected chi connectivity index (χ2v) is 3.36. The van der Waals surface area contributed by atoms with E-state index in [-0.39, 0.29) is 5.91 Å². The monoisotopic (exact) mass is 191 g/mol. The average molecular weight is 191 g/mol. The lowest BCUT2D eigenvalue weighted by molar-refractivity contribution is -0.146. The summed E-state index contributed by atoms with van der Waals surface area (Å²) in [6.07, 6.45) is 0.507. The Bertz CT molecular complexity index is 310. The maximum atomic E-state index is 11.4. The van der Waals surface area contributed by atoms with Gasteiger partial charge in [0.1, 0.15) is 6.73 Å². The lowest BCUT2D eigenvalue weighted by Gasteiger charge is -2.26. The molecule has 0 atom stereocenters. The molecule has 0 aromatic heterocycles. The Balaban J connectivity index is 2.00. The summed E-state index contributed by atoms with van der Waals surface area (Å²) in [5, 5.41) is 0. The standard InChI is InChI=1S/C11H13NO2/c13-11-6-7-14-9-12(11)8-10-4-2-1-3-5-10/h1-5H,6-9H2. The second kappa shape index (κ2) is 4.24. The zero-order chi connectivity index (χ0) is 9.80. The van der Waals surface area contributed by atoms with Gasteiger partial charge in [-0.05, 0) is 5.56 Å². The molecular weight excluding hydrogens is 178 g/mol. The van der Waals surface area contributed by atoms with Crippen molar-refractivity contribution < 1.29 is 9.53 Å². The van der Waals surface area contributed by atoms with Crippen LogP contribution in [0.2, 0.25) is 0 Å². The molecule has 74 valence electrons. The smallest absolute Gasteiger partial charge is 0.227 e. The Morgan fingerprint density at radius 3 is 2.79 bits per heavy atom.